The van der Waals surface area contributed by atoms with Crippen LogP contribution in [-0.4, -0.2) is 17.9 Å². The third-order valence-corrected chi connectivity index (χ3v) is 5.65. The summed E-state index contributed by atoms with van der Waals surface area (Å²) in [7, 11) is 1.56. The second-order valence-corrected chi connectivity index (χ2v) is 7.87. The van der Waals surface area contributed by atoms with Crippen molar-refractivity contribution in [1.29, 1.82) is 0 Å². The van der Waals surface area contributed by atoms with Gasteiger partial charge in [-0.15, -0.1) is 0 Å². The first-order valence-electron chi connectivity index (χ1n) is 11.0. The number of amides is 1. The molecule has 0 aliphatic heterocycles. The fraction of sp³-hybridized carbons (Fsp3) is 0.107. The number of ether oxygens (including phenoxy) is 2. The van der Waals surface area contributed by atoms with Gasteiger partial charge in [0.2, 0.25) is 0 Å². The SMILES string of the molecule is COc1ccc(C(=O)Nc2cccc([N+](=O)[O-])c2C)cc1COc1ccc(-c2ccccc2)cc1. The number of rotatable bonds is 8. The number of anilines is 1. The molecule has 35 heavy (non-hydrogen) atoms. The Kier molecular flexibility index (Phi) is 7.07. The quantitative estimate of drug-likeness (QED) is 0.238. The van der Waals surface area contributed by atoms with Crippen LogP contribution in [0.3, 0.4) is 0 Å². The van der Waals surface area contributed by atoms with Gasteiger partial charge < -0.3 is 14.8 Å². The number of hydrogen-bond donors (Lipinski definition) is 1. The van der Waals surface area contributed by atoms with E-state index in [2.05, 4.69) is 5.32 Å². The lowest BCUT2D eigenvalue weighted by Gasteiger charge is -2.13. The average molecular weight is 469 g/mol. The summed E-state index contributed by atoms with van der Waals surface area (Å²) in [5.41, 5.74) is 4.02. The van der Waals surface area contributed by atoms with Gasteiger partial charge in [0.15, 0.2) is 0 Å². The third-order valence-electron chi connectivity index (χ3n) is 5.65. The highest BCUT2D eigenvalue weighted by molar-refractivity contribution is 6.05. The average Bonchev–Trinajstić information content (AvgIpc) is 2.89. The van der Waals surface area contributed by atoms with E-state index in [-0.39, 0.29) is 18.2 Å². The number of nitro benzene ring substituents is 1. The van der Waals surface area contributed by atoms with Crippen LogP contribution in [0.5, 0.6) is 11.5 Å². The summed E-state index contributed by atoms with van der Waals surface area (Å²) in [6.07, 6.45) is 0. The molecule has 0 fully saturated rings. The summed E-state index contributed by atoms with van der Waals surface area (Å²) in [6.45, 7) is 1.80. The lowest BCUT2D eigenvalue weighted by atomic mass is 10.1. The summed E-state index contributed by atoms with van der Waals surface area (Å²) in [5.74, 6) is 0.896. The normalized spacial score (nSPS) is 10.5. The van der Waals surface area contributed by atoms with Gasteiger partial charge in [-0.25, -0.2) is 0 Å². The second kappa shape index (κ2) is 10.5. The zero-order chi connectivity index (χ0) is 24.8. The highest BCUT2D eigenvalue weighted by Crippen LogP contribution is 2.27. The van der Waals surface area contributed by atoms with Gasteiger partial charge in [0.05, 0.1) is 23.3 Å². The molecule has 0 aliphatic carbocycles. The monoisotopic (exact) mass is 468 g/mol. The van der Waals surface area contributed by atoms with E-state index in [9.17, 15) is 14.9 Å². The van der Waals surface area contributed by atoms with Crippen LogP contribution >= 0.6 is 0 Å². The summed E-state index contributed by atoms with van der Waals surface area (Å²) in [6, 6.07) is 27.5. The first-order valence-corrected chi connectivity index (χ1v) is 11.0. The van der Waals surface area contributed by atoms with Crippen molar-refractivity contribution in [3.63, 3.8) is 0 Å². The van der Waals surface area contributed by atoms with Crippen LogP contribution in [0.15, 0.2) is 91.0 Å². The fourth-order valence-corrected chi connectivity index (χ4v) is 3.72. The molecule has 0 bridgehead atoms. The van der Waals surface area contributed by atoms with Gasteiger partial charge in [0.25, 0.3) is 11.6 Å². The minimum absolute atomic E-state index is 0.0510. The predicted octanol–water partition coefficient (Wildman–Crippen LogP) is 6.41. The minimum Gasteiger partial charge on any atom is -0.496 e. The Morgan fingerprint density at radius 1 is 0.914 bits per heavy atom. The van der Waals surface area contributed by atoms with Gasteiger partial charge in [0, 0.05) is 17.2 Å². The molecular formula is C28H24N2O5. The van der Waals surface area contributed by atoms with E-state index in [0.717, 1.165) is 11.1 Å². The zero-order valence-electron chi connectivity index (χ0n) is 19.4. The van der Waals surface area contributed by atoms with Crippen molar-refractivity contribution in [2.24, 2.45) is 0 Å². The van der Waals surface area contributed by atoms with Crippen molar-refractivity contribution in [1.82, 2.24) is 0 Å². The van der Waals surface area contributed by atoms with E-state index in [0.29, 0.717) is 33.9 Å². The summed E-state index contributed by atoms with van der Waals surface area (Å²) in [4.78, 5) is 23.6. The largest absolute Gasteiger partial charge is 0.496 e. The van der Waals surface area contributed by atoms with E-state index in [1.807, 2.05) is 54.6 Å². The molecule has 0 radical (unpaired) electrons. The van der Waals surface area contributed by atoms with E-state index in [1.165, 1.54) is 12.1 Å². The van der Waals surface area contributed by atoms with Gasteiger partial charge >= 0.3 is 0 Å². The Balaban J connectivity index is 1.48. The number of nitro groups is 1. The summed E-state index contributed by atoms with van der Waals surface area (Å²) < 4.78 is 11.4. The number of carbonyl (C=O) groups is 1. The maximum absolute atomic E-state index is 12.9. The van der Waals surface area contributed by atoms with Crippen molar-refractivity contribution in [3.05, 3.63) is 118 Å². The van der Waals surface area contributed by atoms with Crippen molar-refractivity contribution in [3.8, 4) is 22.6 Å². The predicted molar refractivity (Wildman–Crippen MR) is 135 cm³/mol. The van der Waals surface area contributed by atoms with E-state index in [4.69, 9.17) is 9.47 Å². The minimum atomic E-state index is -0.472. The molecule has 4 aromatic carbocycles. The Morgan fingerprint density at radius 3 is 2.31 bits per heavy atom. The molecule has 7 heteroatoms. The van der Waals surface area contributed by atoms with Crippen molar-refractivity contribution < 1.29 is 19.2 Å². The van der Waals surface area contributed by atoms with Crippen molar-refractivity contribution >= 4 is 17.3 Å². The van der Waals surface area contributed by atoms with Crippen LogP contribution in [0.2, 0.25) is 0 Å². The van der Waals surface area contributed by atoms with Crippen LogP contribution in [0.1, 0.15) is 21.5 Å². The number of hydrogen-bond acceptors (Lipinski definition) is 5. The van der Waals surface area contributed by atoms with Crippen LogP contribution in [0.25, 0.3) is 11.1 Å². The smallest absolute Gasteiger partial charge is 0.274 e. The molecule has 0 atom stereocenters. The molecule has 4 aromatic rings. The van der Waals surface area contributed by atoms with Crippen LogP contribution in [-0.2, 0) is 6.61 Å². The fourth-order valence-electron chi connectivity index (χ4n) is 3.72. The molecule has 7 nitrogen and oxygen atoms in total. The van der Waals surface area contributed by atoms with Gasteiger partial charge in [-0.3, -0.25) is 14.9 Å². The molecule has 0 aliphatic rings. The molecule has 1 amide bonds. The number of methoxy groups -OCH3 is 1. The molecule has 1 N–H and O–H groups in total. The standard InChI is InChI=1S/C28H24N2O5/c1-19-25(9-6-10-26(19)30(32)33)29-28(31)22-13-16-27(34-2)23(17-22)18-35-24-14-11-21(12-15-24)20-7-4-3-5-8-20/h3-17H,18H2,1-2H3,(H,29,31). The topological polar surface area (TPSA) is 90.7 Å². The molecule has 0 saturated carbocycles. The number of benzene rings is 4. The number of carbonyl (C=O) groups excluding carboxylic acids is 1. The maximum atomic E-state index is 12.9. The van der Waals surface area contributed by atoms with Gasteiger partial charge in [-0.2, -0.15) is 0 Å². The first kappa shape index (κ1) is 23.5. The first-order chi connectivity index (χ1) is 17.0. The van der Waals surface area contributed by atoms with Gasteiger partial charge in [-0.1, -0.05) is 48.5 Å². The van der Waals surface area contributed by atoms with Crippen molar-refractivity contribution in [2.45, 2.75) is 13.5 Å². The van der Waals surface area contributed by atoms with Gasteiger partial charge in [0.1, 0.15) is 18.1 Å². The molecule has 0 heterocycles. The van der Waals surface area contributed by atoms with Crippen molar-refractivity contribution in [2.75, 3.05) is 12.4 Å². The third kappa shape index (κ3) is 5.47. The highest BCUT2D eigenvalue weighted by Gasteiger charge is 2.17. The molecule has 4 rings (SSSR count). The molecule has 176 valence electrons. The van der Waals surface area contributed by atoms with Crippen LogP contribution < -0.4 is 14.8 Å². The molecular weight excluding hydrogens is 444 g/mol. The highest BCUT2D eigenvalue weighted by atomic mass is 16.6. The Hall–Kier alpha value is -4.65. The lowest BCUT2D eigenvalue weighted by Crippen LogP contribution is -2.14. The summed E-state index contributed by atoms with van der Waals surface area (Å²) in [5, 5.41) is 13.9. The van der Waals surface area contributed by atoms with E-state index in [1.54, 1.807) is 38.3 Å². The molecule has 0 unspecified atom stereocenters. The second-order valence-electron chi connectivity index (χ2n) is 7.87. The molecule has 0 spiro atoms. The Bertz CT molecular complexity index is 1350. The number of nitrogens with zero attached hydrogens (tertiary/aromatic N) is 1. The zero-order valence-corrected chi connectivity index (χ0v) is 19.4. The maximum Gasteiger partial charge on any atom is 0.274 e. The van der Waals surface area contributed by atoms with Gasteiger partial charge in [-0.05, 0) is 54.4 Å². The Labute approximate surface area is 203 Å². The summed E-state index contributed by atoms with van der Waals surface area (Å²) >= 11 is 0. The number of nitrogens with one attached hydrogen (secondary N) is 1. The van der Waals surface area contributed by atoms with E-state index < -0.39 is 4.92 Å². The van der Waals surface area contributed by atoms with Crippen LogP contribution in [0.4, 0.5) is 11.4 Å². The van der Waals surface area contributed by atoms with Crippen LogP contribution in [0, 0.1) is 17.0 Å². The van der Waals surface area contributed by atoms with E-state index >= 15 is 0 Å². The molecule has 0 saturated heterocycles. The Morgan fingerprint density at radius 2 is 1.63 bits per heavy atom. The lowest BCUT2D eigenvalue weighted by molar-refractivity contribution is -0.385. The molecule has 0 aromatic heterocycles.